The van der Waals surface area contributed by atoms with Gasteiger partial charge in [-0.25, -0.2) is 4.98 Å². The van der Waals surface area contributed by atoms with E-state index < -0.39 is 0 Å². The number of ether oxygens (including phenoxy) is 1. The number of halogens is 1. The predicted molar refractivity (Wildman–Crippen MR) is 144 cm³/mol. The van der Waals surface area contributed by atoms with Crippen LogP contribution in [0.15, 0.2) is 77.3 Å². The third-order valence-corrected chi connectivity index (χ3v) is 7.31. The van der Waals surface area contributed by atoms with Gasteiger partial charge in [-0.3, -0.25) is 4.79 Å². The van der Waals surface area contributed by atoms with Crippen molar-refractivity contribution in [1.82, 2.24) is 9.55 Å². The second kappa shape index (κ2) is 10.2. The lowest BCUT2D eigenvalue weighted by atomic mass is 10.0. The number of para-hydroxylation sites is 4. The fourth-order valence-corrected chi connectivity index (χ4v) is 5.42. The van der Waals surface area contributed by atoms with Gasteiger partial charge in [0.05, 0.1) is 23.3 Å². The Kier molecular flexibility index (Phi) is 6.91. The minimum Gasteiger partial charge on any atom is -0.493 e. The van der Waals surface area contributed by atoms with Crippen LogP contribution >= 0.6 is 15.9 Å². The zero-order valence-corrected chi connectivity index (χ0v) is 21.7. The van der Waals surface area contributed by atoms with Crippen molar-refractivity contribution in [2.75, 3.05) is 18.1 Å². The molecule has 0 aliphatic carbocycles. The van der Waals surface area contributed by atoms with E-state index in [9.17, 15) is 4.79 Å². The molecule has 1 unspecified atom stereocenters. The SMILES string of the molecule is CC(C)c1ccccc1OCCCn1c(C2CC(=O)N(c3ccccc3Br)C2)nc2ccccc21. The van der Waals surface area contributed by atoms with Crippen LogP contribution in [0.2, 0.25) is 0 Å². The summed E-state index contributed by atoms with van der Waals surface area (Å²) < 4.78 is 9.40. The maximum Gasteiger partial charge on any atom is 0.227 e. The molecule has 4 aromatic rings. The van der Waals surface area contributed by atoms with Crippen LogP contribution in [-0.2, 0) is 11.3 Å². The van der Waals surface area contributed by atoms with Gasteiger partial charge in [0, 0.05) is 29.9 Å². The summed E-state index contributed by atoms with van der Waals surface area (Å²) in [6.07, 6.45) is 1.32. The van der Waals surface area contributed by atoms with Gasteiger partial charge in [0.25, 0.3) is 0 Å². The van der Waals surface area contributed by atoms with Crippen molar-refractivity contribution < 1.29 is 9.53 Å². The zero-order valence-electron chi connectivity index (χ0n) is 20.2. The van der Waals surface area contributed by atoms with Crippen molar-refractivity contribution in [3.63, 3.8) is 0 Å². The Bertz CT molecular complexity index is 1350. The van der Waals surface area contributed by atoms with Gasteiger partial charge >= 0.3 is 0 Å². The number of anilines is 1. The van der Waals surface area contributed by atoms with E-state index in [0.29, 0.717) is 25.5 Å². The molecule has 1 aliphatic heterocycles. The molecule has 35 heavy (non-hydrogen) atoms. The molecule has 3 aromatic carbocycles. The summed E-state index contributed by atoms with van der Waals surface area (Å²) in [5.74, 6) is 2.54. The van der Waals surface area contributed by atoms with E-state index in [2.05, 4.69) is 52.5 Å². The third kappa shape index (κ3) is 4.85. The molecule has 1 saturated heterocycles. The number of aromatic nitrogens is 2. The van der Waals surface area contributed by atoms with Gasteiger partial charge in [0.2, 0.25) is 5.91 Å². The fourth-order valence-electron chi connectivity index (χ4n) is 4.92. The van der Waals surface area contributed by atoms with Gasteiger partial charge in [-0.15, -0.1) is 0 Å². The number of nitrogens with zero attached hydrogens (tertiary/aromatic N) is 3. The standard InChI is InChI=1S/C29H30BrN3O2/c1-20(2)22-10-3-8-15-27(22)35-17-9-16-32-26-14-7-5-12-24(26)31-29(32)21-18-28(34)33(19-21)25-13-6-4-11-23(25)30/h3-8,10-15,20-21H,9,16-19H2,1-2H3. The largest absolute Gasteiger partial charge is 0.493 e. The van der Waals surface area contributed by atoms with Crippen molar-refractivity contribution in [2.24, 2.45) is 0 Å². The summed E-state index contributed by atoms with van der Waals surface area (Å²) in [5, 5.41) is 0. The highest BCUT2D eigenvalue weighted by molar-refractivity contribution is 9.10. The maximum atomic E-state index is 13.0. The molecule has 5 nitrogen and oxygen atoms in total. The zero-order chi connectivity index (χ0) is 24.4. The normalized spacial score (nSPS) is 15.9. The summed E-state index contributed by atoms with van der Waals surface area (Å²) in [6, 6.07) is 24.4. The highest BCUT2D eigenvalue weighted by Crippen LogP contribution is 2.36. The third-order valence-electron chi connectivity index (χ3n) is 6.64. The van der Waals surface area contributed by atoms with Crippen LogP contribution in [0.1, 0.15) is 49.9 Å². The highest BCUT2D eigenvalue weighted by atomic mass is 79.9. The summed E-state index contributed by atoms with van der Waals surface area (Å²) >= 11 is 3.60. The van der Waals surface area contributed by atoms with E-state index in [1.54, 1.807) is 0 Å². The van der Waals surface area contributed by atoms with E-state index in [-0.39, 0.29) is 11.8 Å². The molecule has 1 aliphatic rings. The molecule has 1 amide bonds. The fraction of sp³-hybridized carbons (Fsp3) is 0.310. The van der Waals surface area contributed by atoms with Gasteiger partial charge < -0.3 is 14.2 Å². The summed E-state index contributed by atoms with van der Waals surface area (Å²) in [7, 11) is 0. The lowest BCUT2D eigenvalue weighted by Gasteiger charge is -2.19. The Balaban J connectivity index is 1.35. The van der Waals surface area contributed by atoms with Gasteiger partial charge in [-0.1, -0.05) is 56.3 Å². The van der Waals surface area contributed by atoms with Crippen LogP contribution in [0.5, 0.6) is 5.75 Å². The Morgan fingerprint density at radius 1 is 1.03 bits per heavy atom. The molecule has 0 N–H and O–H groups in total. The first-order chi connectivity index (χ1) is 17.0. The number of fused-ring (bicyclic) bond motifs is 1. The Labute approximate surface area is 214 Å². The topological polar surface area (TPSA) is 47.4 Å². The molecule has 0 radical (unpaired) electrons. The van der Waals surface area contributed by atoms with E-state index in [4.69, 9.17) is 9.72 Å². The lowest BCUT2D eigenvalue weighted by Crippen LogP contribution is -2.25. The number of carbonyl (C=O) groups is 1. The minimum absolute atomic E-state index is 0.0459. The van der Waals surface area contributed by atoms with E-state index >= 15 is 0 Å². The molecule has 0 spiro atoms. The molecule has 1 atom stereocenters. The van der Waals surface area contributed by atoms with E-state index in [0.717, 1.165) is 45.7 Å². The molecule has 1 aromatic heterocycles. The molecule has 5 rings (SSSR count). The monoisotopic (exact) mass is 531 g/mol. The average molecular weight is 532 g/mol. The van der Waals surface area contributed by atoms with Crippen molar-refractivity contribution in [3.8, 4) is 5.75 Å². The summed E-state index contributed by atoms with van der Waals surface area (Å²) in [4.78, 5) is 19.9. The highest BCUT2D eigenvalue weighted by Gasteiger charge is 2.35. The predicted octanol–water partition coefficient (Wildman–Crippen LogP) is 6.91. The first kappa shape index (κ1) is 23.6. The van der Waals surface area contributed by atoms with Crippen LogP contribution in [-0.4, -0.2) is 28.6 Å². The number of rotatable bonds is 8. The number of hydrogen-bond donors (Lipinski definition) is 0. The van der Waals surface area contributed by atoms with Crippen LogP contribution in [0.25, 0.3) is 11.0 Å². The number of imidazole rings is 1. The second-order valence-corrected chi connectivity index (χ2v) is 10.2. The van der Waals surface area contributed by atoms with E-state index in [1.165, 1.54) is 5.56 Å². The summed E-state index contributed by atoms with van der Waals surface area (Å²) in [6.45, 7) is 6.42. The molecular weight excluding hydrogens is 502 g/mol. The van der Waals surface area contributed by atoms with Gasteiger partial charge in [-0.05, 0) is 64.2 Å². The van der Waals surface area contributed by atoms with Crippen LogP contribution in [0.4, 0.5) is 5.69 Å². The van der Waals surface area contributed by atoms with Crippen LogP contribution < -0.4 is 9.64 Å². The number of carbonyl (C=O) groups excluding carboxylic acids is 1. The van der Waals surface area contributed by atoms with E-state index in [1.807, 2.05) is 59.5 Å². The van der Waals surface area contributed by atoms with Crippen molar-refractivity contribution in [1.29, 1.82) is 0 Å². The van der Waals surface area contributed by atoms with Gasteiger partial charge in [-0.2, -0.15) is 0 Å². The Morgan fingerprint density at radius 3 is 2.60 bits per heavy atom. The molecule has 6 heteroatoms. The molecule has 2 heterocycles. The average Bonchev–Trinajstić information content (AvgIpc) is 3.42. The Hall–Kier alpha value is -3.12. The molecule has 0 bridgehead atoms. The molecule has 0 saturated carbocycles. The van der Waals surface area contributed by atoms with Gasteiger partial charge in [0.1, 0.15) is 11.6 Å². The maximum absolute atomic E-state index is 13.0. The minimum atomic E-state index is 0.0459. The smallest absolute Gasteiger partial charge is 0.227 e. The summed E-state index contributed by atoms with van der Waals surface area (Å²) in [5.41, 5.74) is 4.23. The molecular formula is C29H30BrN3O2. The van der Waals surface area contributed by atoms with Crippen LogP contribution in [0, 0.1) is 0 Å². The Morgan fingerprint density at radius 2 is 1.77 bits per heavy atom. The first-order valence-electron chi connectivity index (χ1n) is 12.2. The second-order valence-electron chi connectivity index (χ2n) is 9.36. The lowest BCUT2D eigenvalue weighted by molar-refractivity contribution is -0.117. The number of amides is 1. The van der Waals surface area contributed by atoms with Crippen molar-refractivity contribution >= 4 is 38.6 Å². The molecule has 180 valence electrons. The number of benzene rings is 3. The molecule has 1 fully saturated rings. The first-order valence-corrected chi connectivity index (χ1v) is 13.0. The number of hydrogen-bond acceptors (Lipinski definition) is 3. The van der Waals surface area contributed by atoms with Crippen molar-refractivity contribution in [2.45, 2.75) is 45.1 Å². The van der Waals surface area contributed by atoms with Crippen LogP contribution in [0.3, 0.4) is 0 Å². The van der Waals surface area contributed by atoms with Crippen molar-refractivity contribution in [3.05, 3.63) is 88.7 Å². The van der Waals surface area contributed by atoms with Gasteiger partial charge in [0.15, 0.2) is 0 Å². The number of aryl methyl sites for hydroxylation is 1. The quantitative estimate of drug-likeness (QED) is 0.232.